The topological polar surface area (TPSA) is 102 Å². The molecule has 0 aliphatic heterocycles. The molecule has 0 saturated heterocycles. The van der Waals surface area contributed by atoms with Gasteiger partial charge in [0.15, 0.2) is 0 Å². The smallest absolute Gasteiger partial charge is 0.250 e. The van der Waals surface area contributed by atoms with Gasteiger partial charge in [-0.3, -0.25) is 9.78 Å². The predicted octanol–water partition coefficient (Wildman–Crippen LogP) is 0.417. The van der Waals surface area contributed by atoms with Gasteiger partial charge < -0.3 is 11.1 Å². The van der Waals surface area contributed by atoms with E-state index in [1.165, 1.54) is 6.20 Å². The third-order valence-corrected chi connectivity index (χ3v) is 4.21. The summed E-state index contributed by atoms with van der Waals surface area (Å²) in [5, 5.41) is 3.00. The lowest BCUT2D eigenvalue weighted by Gasteiger charge is -2.06. The monoisotopic (exact) mass is 271 g/mol. The second-order valence-corrected chi connectivity index (χ2v) is 6.32. The fourth-order valence-electron chi connectivity index (χ4n) is 1.34. The summed E-state index contributed by atoms with van der Waals surface area (Å²) in [4.78, 5) is 14.8. The van der Waals surface area contributed by atoms with Crippen LogP contribution in [0.4, 0.5) is 5.69 Å². The molecule has 7 heteroatoms. The Morgan fingerprint density at radius 3 is 2.78 bits per heavy atom. The highest BCUT2D eigenvalue weighted by Gasteiger charge is 2.06. The fraction of sp³-hybridized carbons (Fsp3) is 0.455. The summed E-state index contributed by atoms with van der Waals surface area (Å²) in [7, 11) is -2.93. The van der Waals surface area contributed by atoms with Crippen LogP contribution in [0.2, 0.25) is 0 Å². The lowest BCUT2D eigenvalue weighted by Crippen LogP contribution is -2.14. The maximum absolute atomic E-state index is 11.3. The number of pyridine rings is 1. The van der Waals surface area contributed by atoms with E-state index in [0.29, 0.717) is 24.2 Å². The van der Waals surface area contributed by atoms with Crippen LogP contribution in [0.25, 0.3) is 0 Å². The predicted molar refractivity (Wildman–Crippen MR) is 70.2 cm³/mol. The van der Waals surface area contributed by atoms with Gasteiger partial charge in [-0.2, -0.15) is 0 Å². The van der Waals surface area contributed by atoms with E-state index < -0.39 is 15.7 Å². The van der Waals surface area contributed by atoms with Gasteiger partial charge in [0.05, 0.1) is 17.0 Å². The Balaban J connectivity index is 2.45. The average Bonchev–Trinajstić information content (AvgIpc) is 2.35. The van der Waals surface area contributed by atoms with Crippen molar-refractivity contribution in [2.45, 2.75) is 13.3 Å². The van der Waals surface area contributed by atoms with Gasteiger partial charge in [-0.05, 0) is 12.5 Å². The Hall–Kier alpha value is -1.63. The number of primary amides is 1. The molecule has 1 aromatic heterocycles. The van der Waals surface area contributed by atoms with Gasteiger partial charge in [0.1, 0.15) is 9.84 Å². The molecule has 0 atom stereocenters. The van der Waals surface area contributed by atoms with E-state index in [1.807, 2.05) is 0 Å². The lowest BCUT2D eigenvalue weighted by atomic mass is 10.2. The molecule has 1 heterocycles. The molecule has 1 amide bonds. The zero-order chi connectivity index (χ0) is 13.6. The number of amides is 1. The van der Waals surface area contributed by atoms with E-state index >= 15 is 0 Å². The van der Waals surface area contributed by atoms with Gasteiger partial charge in [-0.15, -0.1) is 0 Å². The first-order valence-electron chi connectivity index (χ1n) is 5.64. The van der Waals surface area contributed by atoms with Crippen molar-refractivity contribution in [2.75, 3.05) is 23.4 Å². The summed E-state index contributed by atoms with van der Waals surface area (Å²) in [6.07, 6.45) is 3.45. The van der Waals surface area contributed by atoms with E-state index in [-0.39, 0.29) is 11.5 Å². The number of nitrogens with two attached hydrogens (primary N) is 1. The largest absolute Gasteiger partial charge is 0.384 e. The van der Waals surface area contributed by atoms with Crippen molar-refractivity contribution in [2.24, 2.45) is 5.73 Å². The average molecular weight is 271 g/mol. The summed E-state index contributed by atoms with van der Waals surface area (Å²) < 4.78 is 22.5. The summed E-state index contributed by atoms with van der Waals surface area (Å²) >= 11 is 0. The van der Waals surface area contributed by atoms with E-state index in [1.54, 1.807) is 19.2 Å². The normalized spacial score (nSPS) is 11.2. The summed E-state index contributed by atoms with van der Waals surface area (Å²) in [6, 6.07) is 1.59. The highest BCUT2D eigenvalue weighted by molar-refractivity contribution is 7.91. The van der Waals surface area contributed by atoms with E-state index in [9.17, 15) is 13.2 Å². The maximum atomic E-state index is 11.3. The molecule has 0 saturated carbocycles. The van der Waals surface area contributed by atoms with Crippen molar-refractivity contribution < 1.29 is 13.2 Å². The number of aromatic nitrogens is 1. The zero-order valence-electron chi connectivity index (χ0n) is 10.2. The Morgan fingerprint density at radius 1 is 1.44 bits per heavy atom. The number of rotatable bonds is 7. The third-order valence-electron chi connectivity index (χ3n) is 2.42. The van der Waals surface area contributed by atoms with Crippen LogP contribution < -0.4 is 11.1 Å². The maximum Gasteiger partial charge on any atom is 0.250 e. The van der Waals surface area contributed by atoms with Crippen LogP contribution >= 0.6 is 0 Å². The first-order valence-corrected chi connectivity index (χ1v) is 7.46. The molecule has 1 aromatic rings. The number of hydrogen-bond acceptors (Lipinski definition) is 5. The van der Waals surface area contributed by atoms with Gasteiger partial charge in [-0.1, -0.05) is 6.92 Å². The van der Waals surface area contributed by atoms with Crippen LogP contribution in [0.1, 0.15) is 23.7 Å². The van der Waals surface area contributed by atoms with Crippen LogP contribution in [-0.2, 0) is 9.84 Å². The Kier molecular flexibility index (Phi) is 5.08. The Morgan fingerprint density at radius 2 is 2.17 bits per heavy atom. The molecule has 0 bridgehead atoms. The van der Waals surface area contributed by atoms with Crippen molar-refractivity contribution in [1.29, 1.82) is 0 Å². The highest BCUT2D eigenvalue weighted by atomic mass is 32.2. The van der Waals surface area contributed by atoms with Gasteiger partial charge >= 0.3 is 0 Å². The van der Waals surface area contributed by atoms with Crippen LogP contribution in [0.15, 0.2) is 18.5 Å². The van der Waals surface area contributed by atoms with Crippen molar-refractivity contribution >= 4 is 21.4 Å². The molecule has 18 heavy (non-hydrogen) atoms. The molecule has 6 nitrogen and oxygen atoms in total. The van der Waals surface area contributed by atoms with Crippen LogP contribution in [-0.4, -0.2) is 37.4 Å². The van der Waals surface area contributed by atoms with Crippen molar-refractivity contribution in [3.8, 4) is 0 Å². The number of sulfone groups is 1. The van der Waals surface area contributed by atoms with Crippen molar-refractivity contribution in [3.05, 3.63) is 24.0 Å². The fourth-order valence-corrected chi connectivity index (χ4v) is 2.21. The third kappa shape index (κ3) is 4.70. The van der Waals surface area contributed by atoms with E-state index in [0.717, 1.165) is 0 Å². The quantitative estimate of drug-likeness (QED) is 0.700. The first kappa shape index (κ1) is 14.4. The summed E-state index contributed by atoms with van der Waals surface area (Å²) in [5.41, 5.74) is 6.10. The molecule has 0 spiro atoms. The molecule has 0 unspecified atom stereocenters. The minimum absolute atomic E-state index is 0.152. The number of nitrogens with zero attached hydrogens (tertiary/aromatic N) is 1. The molecule has 0 fully saturated rings. The number of anilines is 1. The molecular formula is C11H17N3O3S. The molecular weight excluding hydrogens is 254 g/mol. The minimum Gasteiger partial charge on any atom is -0.384 e. The highest BCUT2D eigenvalue weighted by Crippen LogP contribution is 2.07. The Bertz CT molecular complexity index is 514. The van der Waals surface area contributed by atoms with Gasteiger partial charge in [0, 0.05) is 24.7 Å². The van der Waals surface area contributed by atoms with Crippen LogP contribution in [0.3, 0.4) is 0 Å². The van der Waals surface area contributed by atoms with Gasteiger partial charge in [-0.25, -0.2) is 8.42 Å². The molecule has 3 N–H and O–H groups in total. The molecule has 0 radical (unpaired) electrons. The van der Waals surface area contributed by atoms with E-state index in [4.69, 9.17) is 5.73 Å². The molecule has 0 aromatic carbocycles. The molecule has 0 aliphatic carbocycles. The van der Waals surface area contributed by atoms with Crippen molar-refractivity contribution in [3.63, 3.8) is 0 Å². The lowest BCUT2D eigenvalue weighted by molar-refractivity contribution is 0.1000. The number of hydrogen-bond donors (Lipinski definition) is 2. The Labute approximate surface area is 107 Å². The van der Waals surface area contributed by atoms with Gasteiger partial charge in [0.2, 0.25) is 5.91 Å². The van der Waals surface area contributed by atoms with E-state index in [2.05, 4.69) is 10.3 Å². The van der Waals surface area contributed by atoms with Crippen LogP contribution in [0, 0.1) is 0 Å². The minimum atomic E-state index is -2.93. The van der Waals surface area contributed by atoms with Crippen molar-refractivity contribution in [1.82, 2.24) is 4.98 Å². The van der Waals surface area contributed by atoms with Gasteiger partial charge in [0.25, 0.3) is 0 Å². The van der Waals surface area contributed by atoms with Crippen LogP contribution in [0.5, 0.6) is 0 Å². The summed E-state index contributed by atoms with van der Waals surface area (Å²) in [6.45, 7) is 2.13. The SMILES string of the molecule is CCS(=O)(=O)CCCNc1cncc(C(N)=O)c1. The summed E-state index contributed by atoms with van der Waals surface area (Å²) in [5.74, 6) is -0.231. The second-order valence-electron chi connectivity index (χ2n) is 3.84. The molecule has 1 rings (SSSR count). The zero-order valence-corrected chi connectivity index (χ0v) is 11.0. The number of nitrogens with one attached hydrogen (secondary N) is 1. The molecule has 100 valence electrons. The molecule has 0 aliphatic rings. The standard InChI is InChI=1S/C11H17N3O3S/c1-2-18(16,17)5-3-4-14-10-6-9(11(12)15)7-13-8-10/h6-8,14H,2-5H2,1H3,(H2,12,15). The first-order chi connectivity index (χ1) is 8.44. The number of carbonyl (C=O) groups excluding carboxylic acids is 1. The second kappa shape index (κ2) is 6.34. The number of carbonyl (C=O) groups is 1.